The fourth-order valence-corrected chi connectivity index (χ4v) is 3.08. The Morgan fingerprint density at radius 1 is 1.09 bits per heavy atom. The predicted molar refractivity (Wildman–Crippen MR) is 82.2 cm³/mol. The smallest absolute Gasteiger partial charge is 0.254 e. The van der Waals surface area contributed by atoms with E-state index in [0.29, 0.717) is 6.54 Å². The average Bonchev–Trinajstić information content (AvgIpc) is 2.98. The zero-order valence-corrected chi connectivity index (χ0v) is 12.5. The highest BCUT2D eigenvalue weighted by atomic mass is 16.7. The quantitative estimate of drug-likeness (QED) is 0.812. The van der Waals surface area contributed by atoms with Crippen molar-refractivity contribution >= 4 is 5.91 Å². The second-order valence-electron chi connectivity index (χ2n) is 5.82. The number of hydrogen-bond acceptors (Lipinski definition) is 3. The van der Waals surface area contributed by atoms with E-state index in [1.165, 1.54) is 5.56 Å². The SMILES string of the molecule is Cc1cccc(C(=O)N2CCc3cc4c(cc3C2)OCO4)c1. The van der Waals surface area contributed by atoms with Crippen LogP contribution in [0.3, 0.4) is 0 Å². The first-order valence-electron chi connectivity index (χ1n) is 7.48. The normalized spacial score (nSPS) is 15.6. The predicted octanol–water partition coefficient (Wildman–Crippen LogP) is 2.92. The van der Waals surface area contributed by atoms with Crippen molar-refractivity contribution in [2.24, 2.45) is 0 Å². The molecule has 0 aromatic heterocycles. The van der Waals surface area contributed by atoms with Crippen LogP contribution in [-0.4, -0.2) is 24.1 Å². The number of carbonyl (C=O) groups is 1. The van der Waals surface area contributed by atoms with Gasteiger partial charge in [-0.25, -0.2) is 0 Å². The molecule has 0 saturated carbocycles. The van der Waals surface area contributed by atoms with Crippen LogP contribution < -0.4 is 9.47 Å². The Morgan fingerprint density at radius 3 is 2.64 bits per heavy atom. The number of amides is 1. The maximum Gasteiger partial charge on any atom is 0.254 e. The molecule has 2 aliphatic rings. The Kier molecular flexibility index (Phi) is 3.03. The van der Waals surface area contributed by atoms with Crippen LogP contribution in [0.15, 0.2) is 36.4 Å². The first kappa shape index (κ1) is 13.2. The first-order valence-corrected chi connectivity index (χ1v) is 7.48. The summed E-state index contributed by atoms with van der Waals surface area (Å²) >= 11 is 0. The van der Waals surface area contributed by atoms with Crippen LogP contribution in [0.25, 0.3) is 0 Å². The highest BCUT2D eigenvalue weighted by molar-refractivity contribution is 5.94. The largest absolute Gasteiger partial charge is 0.454 e. The summed E-state index contributed by atoms with van der Waals surface area (Å²) in [6.07, 6.45) is 0.851. The fourth-order valence-electron chi connectivity index (χ4n) is 3.08. The molecule has 112 valence electrons. The summed E-state index contributed by atoms with van der Waals surface area (Å²) in [4.78, 5) is 14.6. The van der Waals surface area contributed by atoms with Crippen molar-refractivity contribution in [1.82, 2.24) is 4.90 Å². The van der Waals surface area contributed by atoms with Gasteiger partial charge in [0, 0.05) is 18.7 Å². The molecule has 0 bridgehead atoms. The molecule has 22 heavy (non-hydrogen) atoms. The molecule has 0 spiro atoms. The van der Waals surface area contributed by atoms with Gasteiger partial charge < -0.3 is 14.4 Å². The van der Waals surface area contributed by atoms with Crippen LogP contribution >= 0.6 is 0 Å². The molecule has 2 aliphatic heterocycles. The summed E-state index contributed by atoms with van der Waals surface area (Å²) in [6, 6.07) is 11.8. The fraction of sp³-hybridized carbons (Fsp3) is 0.278. The molecular formula is C18H17NO3. The highest BCUT2D eigenvalue weighted by Crippen LogP contribution is 2.36. The molecule has 0 saturated heterocycles. The van der Waals surface area contributed by atoms with E-state index in [9.17, 15) is 4.79 Å². The lowest BCUT2D eigenvalue weighted by Gasteiger charge is -2.29. The number of carbonyl (C=O) groups excluding carboxylic acids is 1. The van der Waals surface area contributed by atoms with E-state index in [1.807, 2.05) is 48.2 Å². The third kappa shape index (κ3) is 2.21. The molecule has 0 unspecified atom stereocenters. The third-order valence-electron chi connectivity index (χ3n) is 4.26. The van der Waals surface area contributed by atoms with E-state index >= 15 is 0 Å². The number of benzene rings is 2. The van der Waals surface area contributed by atoms with Crippen molar-refractivity contribution in [2.75, 3.05) is 13.3 Å². The minimum absolute atomic E-state index is 0.0898. The van der Waals surface area contributed by atoms with Gasteiger partial charge in [0.25, 0.3) is 5.91 Å². The number of fused-ring (bicyclic) bond motifs is 2. The van der Waals surface area contributed by atoms with Crippen LogP contribution in [0.1, 0.15) is 27.0 Å². The molecule has 2 aromatic carbocycles. The minimum atomic E-state index is 0.0898. The lowest BCUT2D eigenvalue weighted by molar-refractivity contribution is 0.0734. The maximum absolute atomic E-state index is 12.7. The number of rotatable bonds is 1. The number of hydrogen-bond donors (Lipinski definition) is 0. The second kappa shape index (κ2) is 5.05. The summed E-state index contributed by atoms with van der Waals surface area (Å²) in [5.74, 6) is 1.69. The van der Waals surface area contributed by atoms with Crippen LogP contribution in [0.2, 0.25) is 0 Å². The topological polar surface area (TPSA) is 38.8 Å². The van der Waals surface area contributed by atoms with Crippen LogP contribution in [0, 0.1) is 6.92 Å². The Labute approximate surface area is 129 Å². The summed E-state index contributed by atoms with van der Waals surface area (Å²) in [6.45, 7) is 3.64. The molecule has 0 radical (unpaired) electrons. The van der Waals surface area contributed by atoms with Gasteiger partial charge in [0.05, 0.1) is 0 Å². The maximum atomic E-state index is 12.7. The Bertz CT molecular complexity index is 754. The number of nitrogens with zero attached hydrogens (tertiary/aromatic N) is 1. The van der Waals surface area contributed by atoms with Crippen LogP contribution in [0.4, 0.5) is 0 Å². The zero-order valence-electron chi connectivity index (χ0n) is 12.5. The molecule has 0 N–H and O–H groups in total. The third-order valence-corrected chi connectivity index (χ3v) is 4.26. The van der Waals surface area contributed by atoms with E-state index in [1.54, 1.807) is 0 Å². The summed E-state index contributed by atoms with van der Waals surface area (Å²) < 4.78 is 10.9. The molecule has 1 amide bonds. The van der Waals surface area contributed by atoms with Gasteiger partial charge in [-0.1, -0.05) is 17.7 Å². The lowest BCUT2D eigenvalue weighted by atomic mass is 9.98. The molecular weight excluding hydrogens is 278 g/mol. The summed E-state index contributed by atoms with van der Waals surface area (Å²) in [5, 5.41) is 0. The van der Waals surface area contributed by atoms with Gasteiger partial charge in [-0.05, 0) is 48.7 Å². The van der Waals surface area contributed by atoms with Gasteiger partial charge in [0.15, 0.2) is 11.5 Å². The lowest BCUT2D eigenvalue weighted by Crippen LogP contribution is -2.35. The Morgan fingerprint density at radius 2 is 1.86 bits per heavy atom. The van der Waals surface area contributed by atoms with E-state index in [0.717, 1.165) is 41.2 Å². The Hall–Kier alpha value is -2.49. The monoisotopic (exact) mass is 295 g/mol. The molecule has 4 nitrogen and oxygen atoms in total. The number of aryl methyl sites for hydroxylation is 1. The molecule has 2 aromatic rings. The second-order valence-corrected chi connectivity index (χ2v) is 5.82. The average molecular weight is 295 g/mol. The summed E-state index contributed by atoms with van der Waals surface area (Å²) in [5.41, 5.74) is 4.25. The summed E-state index contributed by atoms with van der Waals surface area (Å²) in [7, 11) is 0. The van der Waals surface area contributed by atoms with Gasteiger partial charge in [0.1, 0.15) is 0 Å². The molecule has 0 aliphatic carbocycles. The van der Waals surface area contributed by atoms with E-state index < -0.39 is 0 Å². The zero-order chi connectivity index (χ0) is 15.1. The molecule has 4 rings (SSSR count). The van der Waals surface area contributed by atoms with Crippen LogP contribution in [-0.2, 0) is 13.0 Å². The van der Waals surface area contributed by atoms with Gasteiger partial charge >= 0.3 is 0 Å². The van der Waals surface area contributed by atoms with E-state index in [4.69, 9.17) is 9.47 Å². The van der Waals surface area contributed by atoms with E-state index in [2.05, 4.69) is 0 Å². The van der Waals surface area contributed by atoms with Gasteiger partial charge in [0.2, 0.25) is 6.79 Å². The van der Waals surface area contributed by atoms with Gasteiger partial charge in [-0.3, -0.25) is 4.79 Å². The number of ether oxygens (including phenoxy) is 2. The van der Waals surface area contributed by atoms with Crippen molar-refractivity contribution in [3.63, 3.8) is 0 Å². The molecule has 0 fully saturated rings. The highest BCUT2D eigenvalue weighted by Gasteiger charge is 2.25. The van der Waals surface area contributed by atoms with Crippen molar-refractivity contribution in [3.05, 3.63) is 58.7 Å². The molecule has 2 heterocycles. The van der Waals surface area contributed by atoms with Gasteiger partial charge in [-0.15, -0.1) is 0 Å². The molecule has 0 atom stereocenters. The minimum Gasteiger partial charge on any atom is -0.454 e. The first-order chi connectivity index (χ1) is 10.7. The van der Waals surface area contributed by atoms with Crippen molar-refractivity contribution in [1.29, 1.82) is 0 Å². The van der Waals surface area contributed by atoms with E-state index in [-0.39, 0.29) is 12.7 Å². The Balaban J connectivity index is 1.60. The molecule has 4 heteroatoms. The van der Waals surface area contributed by atoms with Crippen molar-refractivity contribution in [3.8, 4) is 11.5 Å². The van der Waals surface area contributed by atoms with Crippen LogP contribution in [0.5, 0.6) is 11.5 Å². The van der Waals surface area contributed by atoms with Crippen molar-refractivity contribution in [2.45, 2.75) is 19.9 Å². The standard InChI is InChI=1S/C18H17NO3/c1-12-3-2-4-14(7-12)18(20)19-6-5-13-8-16-17(22-11-21-16)9-15(13)10-19/h2-4,7-9H,5-6,10-11H2,1H3. The van der Waals surface area contributed by atoms with Crippen molar-refractivity contribution < 1.29 is 14.3 Å². The van der Waals surface area contributed by atoms with Gasteiger partial charge in [-0.2, -0.15) is 0 Å².